The van der Waals surface area contributed by atoms with Crippen molar-refractivity contribution in [3.05, 3.63) is 102 Å². The van der Waals surface area contributed by atoms with Gasteiger partial charge in [0.15, 0.2) is 0 Å². The highest BCUT2D eigenvalue weighted by Gasteiger charge is 2.65. The molecule has 1 saturated carbocycles. The summed E-state index contributed by atoms with van der Waals surface area (Å²) in [4.78, 5) is 37.2. The number of amides is 2. The fraction of sp³-hybridized carbons (Fsp3) is 0.576. The average Bonchev–Trinajstić information content (AvgIpc) is 3.37. The van der Waals surface area contributed by atoms with Gasteiger partial charge < -0.3 is 43.6 Å². The summed E-state index contributed by atoms with van der Waals surface area (Å²) in [5.74, 6) is -1.23. The van der Waals surface area contributed by atoms with Gasteiger partial charge in [-0.2, -0.15) is 0 Å². The van der Waals surface area contributed by atoms with E-state index in [0.717, 1.165) is 61.6 Å². The van der Waals surface area contributed by atoms with E-state index in [1.54, 1.807) is 49.6 Å². The summed E-state index contributed by atoms with van der Waals surface area (Å²) >= 11 is 0. The van der Waals surface area contributed by atoms with Crippen LogP contribution >= 0.6 is 0 Å². The lowest BCUT2D eigenvalue weighted by Gasteiger charge is -2.60. The second kappa shape index (κ2) is 27.7. The SMILES string of the molecule is C=CCOC12Oc3ccc(OC(=O)Nc4ccc(OC)cc4OC)cc3C3C(CCCCO)C(CCCCO)C=C(C(=NOC(C)(C)C)CC1N(Cc1ccc(F)cc1)C(=O)CCCCCCCCCCC)C32. The number of ether oxygens (including phenoxy) is 5. The van der Waals surface area contributed by atoms with Gasteiger partial charge in [0, 0.05) is 50.1 Å². The fourth-order valence-electron chi connectivity index (χ4n) is 10.9. The van der Waals surface area contributed by atoms with E-state index in [4.69, 9.17) is 33.7 Å². The summed E-state index contributed by atoms with van der Waals surface area (Å²) in [5.41, 5.74) is 2.84. The Hall–Kier alpha value is -5.44. The molecule has 6 unspecified atom stereocenters. The standard InChI is InChI=1S/C59H82FN3O10/c1-8-10-11-12-13-14-15-16-17-24-54(66)63(40-41-25-27-43(60)28-26-41)53-39-50(62-73-58(3,4)5)47-36-42(22-18-20-33-64)46(23-19-21-34-65)55-48-37-45(30-32-51(48)72-59(53,56(47)55)70-35-9-2)71-57(67)61-49-31-29-44(68-6)38-52(49)69-7/h9,25-32,36-38,42,46,53,55-56,64-65H,2,8,10-24,33-35,39-40H2,1,3-7H3,(H,61,67). The molecule has 400 valence electrons. The number of allylic oxidation sites excluding steroid dienone is 1. The summed E-state index contributed by atoms with van der Waals surface area (Å²) in [5, 5.41) is 27.9. The van der Waals surface area contributed by atoms with E-state index in [9.17, 15) is 19.4 Å². The van der Waals surface area contributed by atoms with E-state index < -0.39 is 29.4 Å². The van der Waals surface area contributed by atoms with Crippen molar-refractivity contribution < 1.29 is 52.7 Å². The molecule has 3 aromatic carbocycles. The zero-order valence-corrected chi connectivity index (χ0v) is 44.3. The third-order valence-electron chi connectivity index (χ3n) is 14.4. The number of aliphatic hydroxyl groups is 2. The van der Waals surface area contributed by atoms with E-state index in [0.29, 0.717) is 54.3 Å². The van der Waals surface area contributed by atoms with Crippen LogP contribution in [0.15, 0.2) is 90.1 Å². The number of unbranched alkanes of at least 4 members (excludes halogenated alkanes) is 10. The number of nitrogens with one attached hydrogen (secondary N) is 1. The van der Waals surface area contributed by atoms with Gasteiger partial charge in [0.2, 0.25) is 11.7 Å². The lowest BCUT2D eigenvalue weighted by atomic mass is 9.55. The maximum atomic E-state index is 15.2. The van der Waals surface area contributed by atoms with Crippen molar-refractivity contribution in [2.45, 2.75) is 167 Å². The summed E-state index contributed by atoms with van der Waals surface area (Å²) in [7, 11) is 3.06. The summed E-state index contributed by atoms with van der Waals surface area (Å²) < 4.78 is 46.1. The van der Waals surface area contributed by atoms with Crippen molar-refractivity contribution >= 4 is 23.4 Å². The molecule has 0 aromatic heterocycles. The van der Waals surface area contributed by atoms with Crippen LogP contribution in [0.5, 0.6) is 23.0 Å². The normalized spacial score (nSPS) is 21.5. The number of methoxy groups -OCH3 is 2. The van der Waals surface area contributed by atoms with Gasteiger partial charge in [-0.15, -0.1) is 6.58 Å². The lowest BCUT2D eigenvalue weighted by molar-refractivity contribution is -0.258. The quantitative estimate of drug-likeness (QED) is 0.0347. The molecule has 0 bridgehead atoms. The Morgan fingerprint density at radius 1 is 0.877 bits per heavy atom. The second-order valence-electron chi connectivity index (χ2n) is 20.8. The number of benzene rings is 3. The molecule has 3 aromatic rings. The molecule has 0 radical (unpaired) electrons. The number of fused-ring (bicyclic) bond motifs is 2. The molecule has 2 aliphatic carbocycles. The predicted octanol–water partition coefficient (Wildman–Crippen LogP) is 12.8. The van der Waals surface area contributed by atoms with Crippen LogP contribution in [0.4, 0.5) is 14.9 Å². The third-order valence-corrected chi connectivity index (χ3v) is 14.4. The van der Waals surface area contributed by atoms with Crippen LogP contribution in [-0.2, 0) is 20.9 Å². The molecule has 0 saturated heterocycles. The van der Waals surface area contributed by atoms with Crippen molar-refractivity contribution in [2.24, 2.45) is 22.9 Å². The van der Waals surface area contributed by atoms with Crippen LogP contribution in [0, 0.1) is 23.6 Å². The number of aliphatic hydroxyl groups excluding tert-OH is 2. The summed E-state index contributed by atoms with van der Waals surface area (Å²) in [6.45, 7) is 12.5. The van der Waals surface area contributed by atoms with Crippen molar-refractivity contribution in [3.8, 4) is 23.0 Å². The summed E-state index contributed by atoms with van der Waals surface area (Å²) in [6, 6.07) is 15.9. The first-order valence-electron chi connectivity index (χ1n) is 26.8. The first-order chi connectivity index (χ1) is 35.3. The number of carbonyl (C=O) groups is 2. The van der Waals surface area contributed by atoms with Crippen molar-refractivity contribution in [3.63, 3.8) is 0 Å². The minimum atomic E-state index is -1.51. The highest BCUT2D eigenvalue weighted by atomic mass is 19.1. The van der Waals surface area contributed by atoms with Crippen molar-refractivity contribution in [2.75, 3.05) is 39.4 Å². The van der Waals surface area contributed by atoms with Gasteiger partial charge in [-0.05, 0) is 118 Å². The molecular weight excluding hydrogens is 930 g/mol. The molecular formula is C59H82FN3O10. The molecule has 14 heteroatoms. The zero-order valence-electron chi connectivity index (χ0n) is 44.3. The Labute approximate surface area is 433 Å². The van der Waals surface area contributed by atoms with Gasteiger partial charge in [0.25, 0.3) is 0 Å². The molecule has 6 rings (SSSR count). The molecule has 6 atom stereocenters. The Balaban J connectivity index is 1.50. The van der Waals surface area contributed by atoms with Gasteiger partial charge in [-0.1, -0.05) is 101 Å². The Bertz CT molecular complexity index is 2310. The first kappa shape index (κ1) is 56.8. The van der Waals surface area contributed by atoms with Gasteiger partial charge in [-0.3, -0.25) is 10.1 Å². The Morgan fingerprint density at radius 2 is 1.56 bits per heavy atom. The number of oxime groups is 1. The molecule has 3 aliphatic rings. The van der Waals surface area contributed by atoms with Crippen molar-refractivity contribution in [1.29, 1.82) is 0 Å². The number of hydrogen-bond donors (Lipinski definition) is 3. The number of rotatable bonds is 29. The average molecular weight is 1010 g/mol. The smallest absolute Gasteiger partial charge is 0.417 e. The minimum Gasteiger partial charge on any atom is -0.497 e. The largest absolute Gasteiger partial charge is 0.497 e. The minimum absolute atomic E-state index is 0.0139. The second-order valence-corrected chi connectivity index (χ2v) is 20.8. The molecule has 1 heterocycles. The molecule has 0 spiro atoms. The highest BCUT2D eigenvalue weighted by molar-refractivity contribution is 6.03. The molecule has 73 heavy (non-hydrogen) atoms. The summed E-state index contributed by atoms with van der Waals surface area (Å²) in [6.07, 6.45) is 17.9. The number of hydrogen-bond acceptors (Lipinski definition) is 11. The molecule has 1 fully saturated rings. The van der Waals surface area contributed by atoms with Crippen LogP contribution in [0.3, 0.4) is 0 Å². The van der Waals surface area contributed by atoms with Gasteiger partial charge in [0.05, 0.1) is 38.1 Å². The fourth-order valence-corrected chi connectivity index (χ4v) is 10.9. The maximum Gasteiger partial charge on any atom is 0.417 e. The Kier molecular flexibility index (Phi) is 21.6. The first-order valence-corrected chi connectivity index (χ1v) is 26.8. The number of anilines is 1. The third kappa shape index (κ3) is 15.1. The van der Waals surface area contributed by atoms with Crippen LogP contribution in [-0.4, -0.2) is 84.3 Å². The molecule has 1 aliphatic heterocycles. The van der Waals surface area contributed by atoms with Gasteiger partial charge in [0.1, 0.15) is 40.5 Å². The van der Waals surface area contributed by atoms with Crippen molar-refractivity contribution in [1.82, 2.24) is 4.90 Å². The number of nitrogens with zero attached hydrogens (tertiary/aromatic N) is 2. The van der Waals surface area contributed by atoms with E-state index in [2.05, 4.69) is 24.9 Å². The zero-order chi connectivity index (χ0) is 52.4. The van der Waals surface area contributed by atoms with E-state index in [1.807, 2.05) is 37.8 Å². The van der Waals surface area contributed by atoms with Gasteiger partial charge >= 0.3 is 6.09 Å². The van der Waals surface area contributed by atoms with Crippen LogP contribution < -0.4 is 24.3 Å². The molecule has 2 amide bonds. The van der Waals surface area contributed by atoms with Crippen LogP contribution in [0.2, 0.25) is 0 Å². The molecule has 3 N–H and O–H groups in total. The maximum absolute atomic E-state index is 15.2. The van der Waals surface area contributed by atoms with Crippen LogP contribution in [0.25, 0.3) is 0 Å². The highest BCUT2D eigenvalue weighted by Crippen LogP contribution is 2.62. The van der Waals surface area contributed by atoms with E-state index in [1.165, 1.54) is 51.3 Å². The lowest BCUT2D eigenvalue weighted by Crippen LogP contribution is -2.70. The topological polar surface area (TPSA) is 158 Å². The van der Waals surface area contributed by atoms with Gasteiger partial charge in [-0.25, -0.2) is 9.18 Å². The predicted molar refractivity (Wildman–Crippen MR) is 284 cm³/mol. The van der Waals surface area contributed by atoms with E-state index >= 15 is 4.79 Å². The number of halogens is 1. The number of carbonyl (C=O) groups excluding carboxylic acids is 2. The van der Waals surface area contributed by atoms with E-state index in [-0.39, 0.29) is 68.0 Å². The van der Waals surface area contributed by atoms with Crippen LogP contribution in [0.1, 0.15) is 154 Å². The molecule has 13 nitrogen and oxygen atoms in total. The Morgan fingerprint density at radius 3 is 2.22 bits per heavy atom. The monoisotopic (exact) mass is 1010 g/mol.